The van der Waals surface area contributed by atoms with E-state index >= 15 is 0 Å². The lowest BCUT2D eigenvalue weighted by molar-refractivity contribution is -0.117. The van der Waals surface area contributed by atoms with E-state index in [1.807, 2.05) is 0 Å². The average molecular weight is 292 g/mol. The van der Waals surface area contributed by atoms with E-state index in [-0.39, 0.29) is 17.4 Å². The van der Waals surface area contributed by atoms with Gasteiger partial charge in [0.15, 0.2) is 0 Å². The van der Waals surface area contributed by atoms with E-state index in [0.717, 1.165) is 6.42 Å². The SMILES string of the molecule is Cc1ccc(NC(=O)C[C@@H](CN)CC(C)C)cc1C(=O)O. The molecule has 1 atom stereocenters. The number of benzene rings is 1. The number of carbonyl (C=O) groups excluding carboxylic acids is 1. The molecule has 0 radical (unpaired) electrons. The Bertz CT molecular complexity index is 512. The van der Waals surface area contributed by atoms with Gasteiger partial charge in [-0.2, -0.15) is 0 Å². The van der Waals surface area contributed by atoms with Crippen LogP contribution in [0.15, 0.2) is 18.2 Å². The number of nitrogens with two attached hydrogens (primary N) is 1. The molecule has 0 saturated heterocycles. The van der Waals surface area contributed by atoms with Crippen LogP contribution in [0.1, 0.15) is 42.6 Å². The first-order valence-corrected chi connectivity index (χ1v) is 7.17. The van der Waals surface area contributed by atoms with Gasteiger partial charge in [-0.25, -0.2) is 4.79 Å². The van der Waals surface area contributed by atoms with Crippen LogP contribution in [0.2, 0.25) is 0 Å². The molecule has 0 fully saturated rings. The zero-order valence-electron chi connectivity index (χ0n) is 12.8. The summed E-state index contributed by atoms with van der Waals surface area (Å²) in [5, 5.41) is 11.8. The number of carboxylic acids is 1. The molecule has 5 nitrogen and oxygen atoms in total. The number of amides is 1. The van der Waals surface area contributed by atoms with E-state index in [4.69, 9.17) is 10.8 Å². The molecule has 0 bridgehead atoms. The van der Waals surface area contributed by atoms with E-state index < -0.39 is 5.97 Å². The molecule has 1 rings (SSSR count). The second kappa shape index (κ2) is 7.78. The number of aromatic carboxylic acids is 1. The van der Waals surface area contributed by atoms with Crippen LogP contribution in [0.5, 0.6) is 0 Å². The van der Waals surface area contributed by atoms with Crippen molar-refractivity contribution in [2.75, 3.05) is 11.9 Å². The smallest absolute Gasteiger partial charge is 0.336 e. The third-order valence-electron chi connectivity index (χ3n) is 3.36. The summed E-state index contributed by atoms with van der Waals surface area (Å²) in [5.41, 5.74) is 7.06. The highest BCUT2D eigenvalue weighted by molar-refractivity contribution is 5.94. The van der Waals surface area contributed by atoms with Crippen LogP contribution < -0.4 is 11.1 Å². The summed E-state index contributed by atoms with van der Waals surface area (Å²) >= 11 is 0. The molecule has 0 saturated carbocycles. The molecule has 0 heterocycles. The third kappa shape index (κ3) is 5.55. The van der Waals surface area contributed by atoms with Gasteiger partial charge in [-0.15, -0.1) is 0 Å². The Morgan fingerprint density at radius 2 is 2.00 bits per heavy atom. The van der Waals surface area contributed by atoms with Crippen molar-refractivity contribution in [3.05, 3.63) is 29.3 Å². The van der Waals surface area contributed by atoms with Crippen molar-refractivity contribution in [2.45, 2.75) is 33.6 Å². The van der Waals surface area contributed by atoms with Crippen LogP contribution >= 0.6 is 0 Å². The zero-order valence-corrected chi connectivity index (χ0v) is 12.8. The van der Waals surface area contributed by atoms with Crippen molar-refractivity contribution >= 4 is 17.6 Å². The van der Waals surface area contributed by atoms with E-state index in [2.05, 4.69) is 19.2 Å². The largest absolute Gasteiger partial charge is 0.478 e. The molecule has 1 aromatic rings. The molecule has 4 N–H and O–H groups in total. The molecular weight excluding hydrogens is 268 g/mol. The van der Waals surface area contributed by atoms with Gasteiger partial charge in [0.05, 0.1) is 5.56 Å². The van der Waals surface area contributed by atoms with Crippen molar-refractivity contribution in [1.29, 1.82) is 0 Å². The summed E-state index contributed by atoms with van der Waals surface area (Å²) in [6.07, 6.45) is 1.25. The maximum atomic E-state index is 12.0. The molecule has 1 aromatic carbocycles. The minimum atomic E-state index is -0.997. The number of carbonyl (C=O) groups is 2. The monoisotopic (exact) mass is 292 g/mol. The molecule has 0 spiro atoms. The molecule has 1 amide bonds. The number of hydrogen-bond donors (Lipinski definition) is 3. The number of hydrogen-bond acceptors (Lipinski definition) is 3. The van der Waals surface area contributed by atoms with E-state index in [9.17, 15) is 9.59 Å². The Balaban J connectivity index is 2.70. The van der Waals surface area contributed by atoms with Crippen molar-refractivity contribution in [1.82, 2.24) is 0 Å². The van der Waals surface area contributed by atoms with Crippen LogP contribution in [-0.2, 0) is 4.79 Å². The Morgan fingerprint density at radius 3 is 2.52 bits per heavy atom. The van der Waals surface area contributed by atoms with Gasteiger partial charge in [-0.3, -0.25) is 4.79 Å². The first-order valence-electron chi connectivity index (χ1n) is 7.17. The van der Waals surface area contributed by atoms with E-state index in [1.54, 1.807) is 19.1 Å². The van der Waals surface area contributed by atoms with Gasteiger partial charge >= 0.3 is 5.97 Å². The minimum Gasteiger partial charge on any atom is -0.478 e. The van der Waals surface area contributed by atoms with Crippen LogP contribution in [0, 0.1) is 18.8 Å². The molecular formula is C16H24N2O3. The van der Waals surface area contributed by atoms with Gasteiger partial charge in [-0.1, -0.05) is 19.9 Å². The summed E-state index contributed by atoms with van der Waals surface area (Å²) < 4.78 is 0. The Labute approximate surface area is 125 Å². The van der Waals surface area contributed by atoms with E-state index in [1.165, 1.54) is 6.07 Å². The lowest BCUT2D eigenvalue weighted by atomic mass is 9.94. The summed E-state index contributed by atoms with van der Waals surface area (Å²) in [6, 6.07) is 4.88. The Kier molecular flexibility index (Phi) is 6.37. The van der Waals surface area contributed by atoms with Gasteiger partial charge in [0.1, 0.15) is 0 Å². The molecule has 0 aliphatic rings. The number of aryl methyl sites for hydroxylation is 1. The molecule has 0 aliphatic heterocycles. The fraction of sp³-hybridized carbons (Fsp3) is 0.500. The van der Waals surface area contributed by atoms with Crippen LogP contribution in [0.4, 0.5) is 5.69 Å². The van der Waals surface area contributed by atoms with Gasteiger partial charge in [0.2, 0.25) is 5.91 Å². The lowest BCUT2D eigenvalue weighted by Crippen LogP contribution is -2.23. The van der Waals surface area contributed by atoms with Gasteiger partial charge in [0, 0.05) is 12.1 Å². The number of anilines is 1. The zero-order chi connectivity index (χ0) is 16.0. The standard InChI is InChI=1S/C16H24N2O3/c1-10(2)6-12(9-17)7-15(19)18-13-5-4-11(3)14(8-13)16(20)21/h4-5,8,10,12H,6-7,9,17H2,1-3H3,(H,18,19)(H,20,21)/t12-/m0/s1. The number of carboxylic acid groups (broad SMARTS) is 1. The molecule has 0 unspecified atom stereocenters. The molecule has 5 heteroatoms. The van der Waals surface area contributed by atoms with Gasteiger partial charge < -0.3 is 16.2 Å². The summed E-state index contributed by atoms with van der Waals surface area (Å²) in [7, 11) is 0. The van der Waals surface area contributed by atoms with E-state index in [0.29, 0.717) is 30.1 Å². The first kappa shape index (κ1) is 17.2. The topological polar surface area (TPSA) is 92.4 Å². The van der Waals surface area contributed by atoms with Gasteiger partial charge in [0.25, 0.3) is 0 Å². The summed E-state index contributed by atoms with van der Waals surface area (Å²) in [5.74, 6) is -0.492. The highest BCUT2D eigenvalue weighted by Crippen LogP contribution is 2.18. The average Bonchev–Trinajstić information content (AvgIpc) is 2.39. The molecule has 116 valence electrons. The second-order valence-electron chi connectivity index (χ2n) is 5.82. The molecule has 21 heavy (non-hydrogen) atoms. The van der Waals surface area contributed by atoms with Crippen molar-refractivity contribution in [3.63, 3.8) is 0 Å². The molecule has 0 aliphatic carbocycles. The summed E-state index contributed by atoms with van der Waals surface area (Å²) in [4.78, 5) is 23.1. The maximum absolute atomic E-state index is 12.0. The summed E-state index contributed by atoms with van der Waals surface area (Å²) in [6.45, 7) is 6.39. The quantitative estimate of drug-likeness (QED) is 0.720. The van der Waals surface area contributed by atoms with Crippen molar-refractivity contribution < 1.29 is 14.7 Å². The predicted molar refractivity (Wildman–Crippen MR) is 83.4 cm³/mol. The lowest BCUT2D eigenvalue weighted by Gasteiger charge is -2.16. The van der Waals surface area contributed by atoms with Gasteiger partial charge in [-0.05, 0) is 49.4 Å². The Hall–Kier alpha value is -1.88. The normalized spacial score (nSPS) is 12.2. The fourth-order valence-corrected chi connectivity index (χ4v) is 2.33. The highest BCUT2D eigenvalue weighted by atomic mass is 16.4. The fourth-order valence-electron chi connectivity index (χ4n) is 2.33. The van der Waals surface area contributed by atoms with Crippen LogP contribution in [-0.4, -0.2) is 23.5 Å². The third-order valence-corrected chi connectivity index (χ3v) is 3.36. The Morgan fingerprint density at radius 1 is 1.33 bits per heavy atom. The second-order valence-corrected chi connectivity index (χ2v) is 5.82. The number of rotatable bonds is 7. The van der Waals surface area contributed by atoms with Crippen molar-refractivity contribution in [3.8, 4) is 0 Å². The van der Waals surface area contributed by atoms with Crippen LogP contribution in [0.3, 0.4) is 0 Å². The van der Waals surface area contributed by atoms with Crippen LogP contribution in [0.25, 0.3) is 0 Å². The maximum Gasteiger partial charge on any atom is 0.336 e. The molecule has 0 aromatic heterocycles. The number of nitrogens with one attached hydrogen (secondary N) is 1. The minimum absolute atomic E-state index is 0.133. The highest BCUT2D eigenvalue weighted by Gasteiger charge is 2.15. The van der Waals surface area contributed by atoms with Crippen molar-refractivity contribution in [2.24, 2.45) is 17.6 Å². The predicted octanol–water partition coefficient (Wildman–Crippen LogP) is 2.64. The first-order chi connectivity index (χ1) is 9.83.